The number of rotatable bonds is 7. The highest BCUT2D eigenvalue weighted by atomic mass is 32.2. The van der Waals surface area contributed by atoms with E-state index >= 15 is 0 Å². The summed E-state index contributed by atoms with van der Waals surface area (Å²) in [6.45, 7) is 1.18. The number of fused-ring (bicyclic) bond motifs is 1. The standard InChI is InChI=1S/C25H26N2O4S2/c1-26(2)14-15-27-19-7-4-5-8-20(19)33-23(17-10-12-18(30-3)13-11-17)22(24(27)28)31-25(29)21-9-6-16-32-21/h4-13,16,22-23H,14-15H2,1-3H3. The second-order valence-corrected chi connectivity index (χ2v) is 10.0. The van der Waals surface area contributed by atoms with Crippen LogP contribution in [0, 0.1) is 0 Å². The van der Waals surface area contributed by atoms with Gasteiger partial charge in [-0.25, -0.2) is 4.79 Å². The first-order valence-electron chi connectivity index (χ1n) is 10.6. The van der Waals surface area contributed by atoms with E-state index in [-0.39, 0.29) is 5.91 Å². The van der Waals surface area contributed by atoms with Gasteiger partial charge in [0.15, 0.2) is 6.10 Å². The minimum Gasteiger partial charge on any atom is -0.497 e. The fourth-order valence-corrected chi connectivity index (χ4v) is 5.55. The predicted molar refractivity (Wildman–Crippen MR) is 132 cm³/mol. The SMILES string of the molecule is COc1ccc(C2Sc3ccccc3N(CCN(C)C)C(=O)C2OC(=O)c2cccs2)cc1. The van der Waals surface area contributed by atoms with E-state index in [0.29, 0.717) is 18.0 Å². The van der Waals surface area contributed by atoms with Crippen molar-refractivity contribution in [2.24, 2.45) is 0 Å². The molecule has 3 aromatic rings. The van der Waals surface area contributed by atoms with Crippen molar-refractivity contribution in [3.8, 4) is 5.75 Å². The Kier molecular flexibility index (Phi) is 7.37. The highest BCUT2D eigenvalue weighted by molar-refractivity contribution is 7.99. The Morgan fingerprint density at radius 2 is 1.82 bits per heavy atom. The first-order chi connectivity index (χ1) is 16.0. The molecule has 4 rings (SSSR count). The lowest BCUT2D eigenvalue weighted by molar-refractivity contribution is -0.127. The number of benzene rings is 2. The fraction of sp³-hybridized carbons (Fsp3) is 0.280. The summed E-state index contributed by atoms with van der Waals surface area (Å²) in [5.74, 6) is 0.0184. The lowest BCUT2D eigenvalue weighted by Gasteiger charge is -2.28. The molecule has 2 atom stereocenters. The van der Waals surface area contributed by atoms with Gasteiger partial charge in [-0.3, -0.25) is 4.79 Å². The maximum absolute atomic E-state index is 13.9. The van der Waals surface area contributed by atoms with Gasteiger partial charge in [-0.2, -0.15) is 0 Å². The topological polar surface area (TPSA) is 59.1 Å². The second kappa shape index (κ2) is 10.4. The normalized spacial score (nSPS) is 18.1. The number of carbonyl (C=O) groups excluding carboxylic acids is 2. The van der Waals surface area contributed by atoms with Crippen LogP contribution in [0.3, 0.4) is 0 Å². The Morgan fingerprint density at radius 3 is 2.48 bits per heavy atom. The van der Waals surface area contributed by atoms with Crippen LogP contribution in [0.15, 0.2) is 70.9 Å². The van der Waals surface area contributed by atoms with Crippen molar-refractivity contribution in [3.05, 3.63) is 76.5 Å². The molecule has 0 saturated heterocycles. The van der Waals surface area contributed by atoms with Crippen LogP contribution >= 0.6 is 23.1 Å². The van der Waals surface area contributed by atoms with E-state index in [2.05, 4.69) is 0 Å². The molecule has 0 saturated carbocycles. The van der Waals surface area contributed by atoms with Crippen LogP contribution in [-0.2, 0) is 9.53 Å². The first-order valence-corrected chi connectivity index (χ1v) is 12.3. The molecule has 1 aromatic heterocycles. The number of thioether (sulfide) groups is 1. The van der Waals surface area contributed by atoms with Crippen molar-refractivity contribution >= 4 is 40.7 Å². The summed E-state index contributed by atoms with van der Waals surface area (Å²) in [6.07, 6.45) is -0.979. The number of hydrogen-bond donors (Lipinski definition) is 0. The minimum absolute atomic E-state index is 0.222. The molecule has 1 amide bonds. The first kappa shape index (κ1) is 23.4. The lowest BCUT2D eigenvalue weighted by Crippen LogP contribution is -2.45. The van der Waals surface area contributed by atoms with E-state index in [1.807, 2.05) is 72.9 Å². The van der Waals surface area contributed by atoms with Crippen molar-refractivity contribution in [2.45, 2.75) is 16.2 Å². The van der Waals surface area contributed by atoms with Crippen molar-refractivity contribution in [2.75, 3.05) is 39.2 Å². The number of carbonyl (C=O) groups is 2. The average Bonchev–Trinajstić information content (AvgIpc) is 3.34. The van der Waals surface area contributed by atoms with Gasteiger partial charge in [-0.15, -0.1) is 23.1 Å². The molecule has 1 aliphatic heterocycles. The predicted octanol–water partition coefficient (Wildman–Crippen LogP) is 4.72. The van der Waals surface area contributed by atoms with Gasteiger partial charge < -0.3 is 19.3 Å². The number of amides is 1. The molecule has 8 heteroatoms. The maximum Gasteiger partial charge on any atom is 0.349 e. The molecule has 2 heterocycles. The molecule has 0 bridgehead atoms. The molecule has 172 valence electrons. The number of thiophene rings is 1. The summed E-state index contributed by atoms with van der Waals surface area (Å²) in [5.41, 5.74) is 1.73. The summed E-state index contributed by atoms with van der Waals surface area (Å²) in [7, 11) is 5.55. The second-order valence-electron chi connectivity index (χ2n) is 7.88. The molecule has 33 heavy (non-hydrogen) atoms. The highest BCUT2D eigenvalue weighted by Gasteiger charge is 2.41. The van der Waals surface area contributed by atoms with Gasteiger partial charge in [0.1, 0.15) is 10.6 Å². The van der Waals surface area contributed by atoms with E-state index in [1.165, 1.54) is 11.3 Å². The third-order valence-corrected chi connectivity index (χ3v) is 7.59. The molecule has 2 unspecified atom stereocenters. The van der Waals surface area contributed by atoms with Gasteiger partial charge in [-0.05, 0) is 55.4 Å². The number of para-hydroxylation sites is 1. The molecule has 0 radical (unpaired) electrons. The molecule has 2 aromatic carbocycles. The van der Waals surface area contributed by atoms with Gasteiger partial charge in [0, 0.05) is 18.0 Å². The van der Waals surface area contributed by atoms with Crippen molar-refractivity contribution in [3.63, 3.8) is 0 Å². The van der Waals surface area contributed by atoms with Crippen molar-refractivity contribution < 1.29 is 19.1 Å². The van der Waals surface area contributed by atoms with Crippen LogP contribution in [0.2, 0.25) is 0 Å². The zero-order valence-corrected chi connectivity index (χ0v) is 20.4. The largest absolute Gasteiger partial charge is 0.497 e. The van der Waals surface area contributed by atoms with Crippen LogP contribution in [-0.4, -0.2) is 57.2 Å². The number of nitrogens with zero attached hydrogens (tertiary/aromatic N) is 2. The van der Waals surface area contributed by atoms with Crippen molar-refractivity contribution in [1.29, 1.82) is 0 Å². The maximum atomic E-state index is 13.9. The number of esters is 1. The smallest absolute Gasteiger partial charge is 0.349 e. The molecule has 1 aliphatic rings. The van der Waals surface area contributed by atoms with E-state index in [0.717, 1.165) is 21.9 Å². The summed E-state index contributed by atoms with van der Waals surface area (Å²) < 4.78 is 11.2. The summed E-state index contributed by atoms with van der Waals surface area (Å²) in [5, 5.41) is 1.42. The van der Waals surface area contributed by atoms with Crippen LogP contribution in [0.1, 0.15) is 20.5 Å². The fourth-order valence-electron chi connectivity index (χ4n) is 3.63. The number of likely N-dealkylation sites (N-methyl/N-ethyl adjacent to an activating group) is 1. The lowest BCUT2D eigenvalue weighted by atomic mass is 10.1. The molecule has 0 spiro atoms. The number of anilines is 1. The van der Waals surface area contributed by atoms with Crippen LogP contribution in [0.4, 0.5) is 5.69 Å². The molecular formula is C25H26N2O4S2. The molecule has 0 aliphatic carbocycles. The summed E-state index contributed by atoms with van der Waals surface area (Å²) in [6, 6.07) is 18.9. The van der Waals surface area contributed by atoms with Crippen molar-refractivity contribution in [1.82, 2.24) is 4.90 Å². The van der Waals surface area contributed by atoms with E-state index in [1.54, 1.807) is 35.9 Å². The molecular weight excluding hydrogens is 456 g/mol. The highest BCUT2D eigenvalue weighted by Crippen LogP contribution is 2.47. The zero-order chi connectivity index (χ0) is 23.4. The Balaban J connectivity index is 1.76. The summed E-state index contributed by atoms with van der Waals surface area (Å²) >= 11 is 2.84. The molecule has 0 N–H and O–H groups in total. The number of ether oxygens (including phenoxy) is 2. The minimum atomic E-state index is -0.979. The quantitative estimate of drug-likeness (QED) is 0.454. The van der Waals surface area contributed by atoms with Gasteiger partial charge in [0.05, 0.1) is 18.0 Å². The molecule has 0 fully saturated rings. The summed E-state index contributed by atoms with van der Waals surface area (Å²) in [4.78, 5) is 32.1. The van der Waals surface area contributed by atoms with Gasteiger partial charge in [0.2, 0.25) is 0 Å². The Bertz CT molecular complexity index is 1100. The Labute approximate surface area is 202 Å². The van der Waals surface area contributed by atoms with E-state index in [4.69, 9.17) is 9.47 Å². The van der Waals surface area contributed by atoms with Gasteiger partial charge in [0.25, 0.3) is 5.91 Å². The van der Waals surface area contributed by atoms with Crippen LogP contribution in [0.5, 0.6) is 5.75 Å². The average molecular weight is 483 g/mol. The monoisotopic (exact) mass is 482 g/mol. The Morgan fingerprint density at radius 1 is 1.06 bits per heavy atom. The zero-order valence-electron chi connectivity index (χ0n) is 18.8. The van der Waals surface area contributed by atoms with E-state index < -0.39 is 17.3 Å². The van der Waals surface area contributed by atoms with Gasteiger partial charge >= 0.3 is 5.97 Å². The number of hydrogen-bond acceptors (Lipinski definition) is 7. The van der Waals surface area contributed by atoms with Gasteiger partial charge in [-0.1, -0.05) is 30.3 Å². The third kappa shape index (κ3) is 5.24. The van der Waals surface area contributed by atoms with Crippen LogP contribution < -0.4 is 9.64 Å². The third-order valence-electron chi connectivity index (χ3n) is 5.37. The number of methoxy groups -OCH3 is 1. The Hall–Kier alpha value is -2.81. The van der Waals surface area contributed by atoms with Crippen LogP contribution in [0.25, 0.3) is 0 Å². The van der Waals surface area contributed by atoms with E-state index in [9.17, 15) is 9.59 Å². The molecule has 6 nitrogen and oxygen atoms in total.